The second-order valence-electron chi connectivity index (χ2n) is 6.66. The SMILES string of the molecule is CNCCCNC(=O)C(C)(Cc1nc2ccccc2s1)c1ccccc1. The topological polar surface area (TPSA) is 54.0 Å². The molecule has 0 bridgehead atoms. The molecular formula is C21H25N3OS. The molecule has 1 heterocycles. The molecule has 4 nitrogen and oxygen atoms in total. The number of carbonyl (C=O) groups is 1. The summed E-state index contributed by atoms with van der Waals surface area (Å²) in [6.07, 6.45) is 1.50. The van der Waals surface area contributed by atoms with Crippen molar-refractivity contribution in [3.05, 3.63) is 65.2 Å². The Morgan fingerprint density at radius 2 is 1.81 bits per heavy atom. The van der Waals surface area contributed by atoms with E-state index in [1.54, 1.807) is 11.3 Å². The lowest BCUT2D eigenvalue weighted by Crippen LogP contribution is -2.44. The maximum atomic E-state index is 13.1. The van der Waals surface area contributed by atoms with Crippen LogP contribution in [-0.2, 0) is 16.6 Å². The van der Waals surface area contributed by atoms with Gasteiger partial charge in [-0.3, -0.25) is 4.79 Å². The van der Waals surface area contributed by atoms with Gasteiger partial charge in [0.15, 0.2) is 0 Å². The molecule has 3 rings (SSSR count). The quantitative estimate of drug-likeness (QED) is 0.599. The fourth-order valence-corrected chi connectivity index (χ4v) is 4.20. The predicted molar refractivity (Wildman–Crippen MR) is 109 cm³/mol. The van der Waals surface area contributed by atoms with E-state index < -0.39 is 5.41 Å². The number of amides is 1. The molecule has 1 unspecified atom stereocenters. The van der Waals surface area contributed by atoms with Gasteiger partial charge in [-0.1, -0.05) is 42.5 Å². The summed E-state index contributed by atoms with van der Waals surface area (Å²) >= 11 is 1.67. The summed E-state index contributed by atoms with van der Waals surface area (Å²) in [6, 6.07) is 18.1. The number of thiazole rings is 1. The van der Waals surface area contributed by atoms with E-state index in [2.05, 4.69) is 16.7 Å². The number of fused-ring (bicyclic) bond motifs is 1. The van der Waals surface area contributed by atoms with Crippen molar-refractivity contribution in [1.82, 2.24) is 15.6 Å². The van der Waals surface area contributed by atoms with Crippen LogP contribution in [0.3, 0.4) is 0 Å². The molecule has 5 heteroatoms. The first kappa shape index (κ1) is 18.5. The number of aromatic nitrogens is 1. The predicted octanol–water partition coefficient (Wildman–Crippen LogP) is 3.52. The molecule has 0 spiro atoms. The molecule has 1 aromatic heterocycles. The lowest BCUT2D eigenvalue weighted by molar-refractivity contribution is -0.126. The molecule has 3 aromatic rings. The fourth-order valence-electron chi connectivity index (χ4n) is 3.08. The van der Waals surface area contributed by atoms with Crippen LogP contribution < -0.4 is 10.6 Å². The Bertz CT molecular complexity index is 829. The van der Waals surface area contributed by atoms with E-state index in [4.69, 9.17) is 4.98 Å². The van der Waals surface area contributed by atoms with Crippen molar-refractivity contribution in [1.29, 1.82) is 0 Å². The second kappa shape index (κ2) is 8.43. The zero-order valence-corrected chi connectivity index (χ0v) is 16.1. The van der Waals surface area contributed by atoms with Gasteiger partial charge in [0, 0.05) is 13.0 Å². The van der Waals surface area contributed by atoms with E-state index in [0.29, 0.717) is 13.0 Å². The smallest absolute Gasteiger partial charge is 0.230 e. The number of nitrogens with one attached hydrogen (secondary N) is 2. The third-order valence-corrected chi connectivity index (χ3v) is 5.68. The molecule has 2 N–H and O–H groups in total. The van der Waals surface area contributed by atoms with E-state index >= 15 is 0 Å². The standard InChI is InChI=1S/C21H25N3OS/c1-21(16-9-4-3-5-10-16,20(25)23-14-8-13-22-2)15-19-24-17-11-6-7-12-18(17)26-19/h3-7,9-12,22H,8,13-15H2,1-2H3,(H,23,25). The Balaban J connectivity index is 1.86. The number of rotatable bonds is 8. The Kier molecular flexibility index (Phi) is 6.01. The highest BCUT2D eigenvalue weighted by atomic mass is 32.1. The van der Waals surface area contributed by atoms with Crippen molar-refractivity contribution >= 4 is 27.5 Å². The highest BCUT2D eigenvalue weighted by molar-refractivity contribution is 7.18. The van der Waals surface area contributed by atoms with Crippen molar-refractivity contribution < 1.29 is 4.79 Å². The summed E-state index contributed by atoms with van der Waals surface area (Å²) in [4.78, 5) is 17.8. The fraction of sp³-hybridized carbons (Fsp3) is 0.333. The largest absolute Gasteiger partial charge is 0.355 e. The third kappa shape index (κ3) is 4.11. The summed E-state index contributed by atoms with van der Waals surface area (Å²) in [5, 5.41) is 7.20. The summed E-state index contributed by atoms with van der Waals surface area (Å²) in [5.41, 5.74) is 1.37. The van der Waals surface area contributed by atoms with Crippen molar-refractivity contribution in [2.24, 2.45) is 0 Å². The maximum absolute atomic E-state index is 13.1. The van der Waals surface area contributed by atoms with Gasteiger partial charge in [-0.15, -0.1) is 11.3 Å². The molecule has 0 aliphatic carbocycles. The molecule has 1 atom stereocenters. The van der Waals surface area contributed by atoms with E-state index in [-0.39, 0.29) is 5.91 Å². The number of hydrogen-bond acceptors (Lipinski definition) is 4. The van der Waals surface area contributed by atoms with Crippen molar-refractivity contribution in [2.75, 3.05) is 20.1 Å². The lowest BCUT2D eigenvalue weighted by Gasteiger charge is -2.28. The molecular weight excluding hydrogens is 342 g/mol. The first-order valence-electron chi connectivity index (χ1n) is 8.96. The Hall–Kier alpha value is -2.24. The van der Waals surface area contributed by atoms with Crippen molar-refractivity contribution in [3.8, 4) is 0 Å². The van der Waals surface area contributed by atoms with E-state index in [1.807, 2.05) is 62.5 Å². The number of nitrogens with zero attached hydrogens (tertiary/aromatic N) is 1. The molecule has 0 fully saturated rings. The number of benzene rings is 2. The monoisotopic (exact) mass is 367 g/mol. The van der Waals surface area contributed by atoms with Crippen LogP contribution in [0.15, 0.2) is 54.6 Å². The van der Waals surface area contributed by atoms with Crippen LogP contribution in [0.5, 0.6) is 0 Å². The van der Waals surface area contributed by atoms with Crippen LogP contribution in [0.25, 0.3) is 10.2 Å². The Morgan fingerprint density at radius 1 is 1.08 bits per heavy atom. The van der Waals surface area contributed by atoms with Gasteiger partial charge >= 0.3 is 0 Å². The van der Waals surface area contributed by atoms with Gasteiger partial charge in [0.2, 0.25) is 5.91 Å². The number of hydrogen-bond donors (Lipinski definition) is 2. The van der Waals surface area contributed by atoms with Gasteiger partial charge in [-0.2, -0.15) is 0 Å². The van der Waals surface area contributed by atoms with E-state index in [1.165, 1.54) is 0 Å². The molecule has 136 valence electrons. The molecule has 0 aliphatic rings. The van der Waals surface area contributed by atoms with Gasteiger partial charge in [0.05, 0.1) is 20.6 Å². The second-order valence-corrected chi connectivity index (χ2v) is 7.78. The molecule has 2 aromatic carbocycles. The zero-order chi connectivity index (χ0) is 18.4. The highest BCUT2D eigenvalue weighted by Crippen LogP contribution is 2.32. The molecule has 26 heavy (non-hydrogen) atoms. The third-order valence-electron chi connectivity index (χ3n) is 4.64. The van der Waals surface area contributed by atoms with Gasteiger partial charge in [0.1, 0.15) is 0 Å². The molecule has 0 saturated carbocycles. The molecule has 0 saturated heterocycles. The van der Waals surface area contributed by atoms with Crippen LogP contribution in [-0.4, -0.2) is 31.0 Å². The minimum atomic E-state index is -0.644. The van der Waals surface area contributed by atoms with Gasteiger partial charge in [-0.25, -0.2) is 4.98 Å². The minimum Gasteiger partial charge on any atom is -0.355 e. The summed E-state index contributed by atoms with van der Waals surface area (Å²) in [6.45, 7) is 3.57. The van der Waals surface area contributed by atoms with Crippen LogP contribution in [0.4, 0.5) is 0 Å². The Labute approximate surface area is 158 Å². The van der Waals surface area contributed by atoms with Crippen LogP contribution in [0, 0.1) is 0 Å². The summed E-state index contributed by atoms with van der Waals surface area (Å²) < 4.78 is 1.16. The van der Waals surface area contributed by atoms with Gasteiger partial charge < -0.3 is 10.6 Å². The zero-order valence-electron chi connectivity index (χ0n) is 15.3. The number of para-hydroxylation sites is 1. The average molecular weight is 368 g/mol. The average Bonchev–Trinajstić information content (AvgIpc) is 3.07. The lowest BCUT2D eigenvalue weighted by atomic mass is 9.78. The maximum Gasteiger partial charge on any atom is 0.230 e. The van der Waals surface area contributed by atoms with Gasteiger partial charge in [0.25, 0.3) is 0 Å². The van der Waals surface area contributed by atoms with Crippen LogP contribution in [0.1, 0.15) is 23.9 Å². The normalized spacial score (nSPS) is 13.5. The van der Waals surface area contributed by atoms with Crippen molar-refractivity contribution in [2.45, 2.75) is 25.2 Å². The van der Waals surface area contributed by atoms with Crippen LogP contribution in [0.2, 0.25) is 0 Å². The molecule has 0 aliphatic heterocycles. The van der Waals surface area contributed by atoms with Crippen molar-refractivity contribution in [3.63, 3.8) is 0 Å². The minimum absolute atomic E-state index is 0.0547. The number of carbonyl (C=O) groups excluding carboxylic acids is 1. The van der Waals surface area contributed by atoms with E-state index in [9.17, 15) is 4.79 Å². The first-order valence-corrected chi connectivity index (χ1v) is 9.78. The molecule has 0 radical (unpaired) electrons. The van der Waals surface area contributed by atoms with Gasteiger partial charge in [-0.05, 0) is 44.6 Å². The Morgan fingerprint density at radius 3 is 2.54 bits per heavy atom. The summed E-state index contributed by atoms with van der Waals surface area (Å²) in [5.74, 6) is 0.0547. The summed E-state index contributed by atoms with van der Waals surface area (Å²) in [7, 11) is 1.92. The molecule has 1 amide bonds. The highest BCUT2D eigenvalue weighted by Gasteiger charge is 2.36. The first-order chi connectivity index (χ1) is 12.6. The van der Waals surface area contributed by atoms with E-state index in [0.717, 1.165) is 33.8 Å². The van der Waals surface area contributed by atoms with Crippen LogP contribution >= 0.6 is 11.3 Å².